The Balaban J connectivity index is 1.91. The van der Waals surface area contributed by atoms with Gasteiger partial charge in [0.2, 0.25) is 0 Å². The van der Waals surface area contributed by atoms with Crippen LogP contribution < -0.4 is 10.1 Å². The van der Waals surface area contributed by atoms with E-state index < -0.39 is 0 Å². The number of aromatic amines is 1. The summed E-state index contributed by atoms with van der Waals surface area (Å²) in [5.41, 5.74) is 5.49. The van der Waals surface area contributed by atoms with Crippen molar-refractivity contribution in [2.24, 2.45) is 0 Å². The number of nitrogens with one attached hydrogen (secondary N) is 2. The molecule has 136 valence electrons. The third-order valence-electron chi connectivity index (χ3n) is 4.82. The van der Waals surface area contributed by atoms with Crippen LogP contribution in [0.15, 0.2) is 72.8 Å². The van der Waals surface area contributed by atoms with Gasteiger partial charge in [0.05, 0.1) is 13.2 Å². The number of hydrogen-bond acceptors (Lipinski definition) is 2. The third kappa shape index (κ3) is 3.38. The molecule has 1 aromatic heterocycles. The fraction of sp³-hybridized carbons (Fsp3) is 0.130. The van der Waals surface area contributed by atoms with E-state index in [4.69, 9.17) is 16.3 Å². The molecule has 0 radical (unpaired) electrons. The lowest BCUT2D eigenvalue weighted by Crippen LogP contribution is -2.14. The number of benzene rings is 3. The van der Waals surface area contributed by atoms with E-state index in [1.54, 1.807) is 7.11 Å². The van der Waals surface area contributed by atoms with Crippen molar-refractivity contribution in [3.8, 4) is 5.75 Å². The molecule has 0 saturated carbocycles. The molecule has 3 nitrogen and oxygen atoms in total. The summed E-state index contributed by atoms with van der Waals surface area (Å²) >= 11 is 6.21. The SMILES string of the molecule is COc1ccccc1C(Nc1cccc(Cl)c1)c1c(C)[nH]c2ccccc12. The van der Waals surface area contributed by atoms with E-state index in [2.05, 4.69) is 41.5 Å². The quantitative estimate of drug-likeness (QED) is 0.426. The van der Waals surface area contributed by atoms with Crippen LogP contribution in [0.3, 0.4) is 0 Å². The zero-order valence-corrected chi connectivity index (χ0v) is 16.0. The van der Waals surface area contributed by atoms with Crippen molar-refractivity contribution in [1.29, 1.82) is 0 Å². The second-order valence-corrected chi connectivity index (χ2v) is 6.98. The van der Waals surface area contributed by atoms with E-state index in [9.17, 15) is 0 Å². The molecule has 0 bridgehead atoms. The first-order valence-corrected chi connectivity index (χ1v) is 9.27. The molecule has 1 unspecified atom stereocenters. The van der Waals surface area contributed by atoms with Crippen LogP contribution in [0.1, 0.15) is 22.9 Å². The zero-order chi connectivity index (χ0) is 18.8. The highest BCUT2D eigenvalue weighted by atomic mass is 35.5. The summed E-state index contributed by atoms with van der Waals surface area (Å²) < 4.78 is 5.66. The van der Waals surface area contributed by atoms with E-state index in [1.165, 1.54) is 10.9 Å². The number of ether oxygens (including phenoxy) is 1. The second kappa shape index (κ2) is 7.37. The van der Waals surface area contributed by atoms with Gasteiger partial charge in [-0.3, -0.25) is 0 Å². The summed E-state index contributed by atoms with van der Waals surface area (Å²) in [4.78, 5) is 3.51. The van der Waals surface area contributed by atoms with Gasteiger partial charge in [-0.1, -0.05) is 54.1 Å². The first-order valence-electron chi connectivity index (χ1n) is 8.89. The lowest BCUT2D eigenvalue weighted by Gasteiger charge is -2.23. The Labute approximate surface area is 163 Å². The number of rotatable bonds is 5. The highest BCUT2D eigenvalue weighted by Crippen LogP contribution is 2.38. The average Bonchev–Trinajstić information content (AvgIpc) is 3.02. The summed E-state index contributed by atoms with van der Waals surface area (Å²) in [6.45, 7) is 2.11. The summed E-state index contributed by atoms with van der Waals surface area (Å²) in [6.07, 6.45) is 0. The van der Waals surface area contributed by atoms with Crippen LogP contribution in [0.2, 0.25) is 5.02 Å². The molecule has 0 aliphatic carbocycles. The maximum atomic E-state index is 6.21. The molecule has 0 aliphatic rings. The maximum Gasteiger partial charge on any atom is 0.124 e. The number of methoxy groups -OCH3 is 1. The molecule has 2 N–H and O–H groups in total. The number of H-pyrrole nitrogens is 1. The third-order valence-corrected chi connectivity index (χ3v) is 5.05. The molecular formula is C23H21ClN2O. The van der Waals surface area contributed by atoms with Gasteiger partial charge in [0.15, 0.2) is 0 Å². The van der Waals surface area contributed by atoms with Crippen molar-refractivity contribution < 1.29 is 4.74 Å². The minimum absolute atomic E-state index is 0.0873. The molecule has 4 heteroatoms. The molecule has 0 spiro atoms. The molecule has 0 aliphatic heterocycles. The first-order chi connectivity index (χ1) is 13.2. The summed E-state index contributed by atoms with van der Waals surface area (Å²) in [7, 11) is 1.71. The number of halogens is 1. The van der Waals surface area contributed by atoms with Crippen molar-refractivity contribution in [2.45, 2.75) is 13.0 Å². The van der Waals surface area contributed by atoms with Gasteiger partial charge in [-0.05, 0) is 37.3 Å². The fourth-order valence-corrected chi connectivity index (χ4v) is 3.82. The van der Waals surface area contributed by atoms with E-state index in [-0.39, 0.29) is 6.04 Å². The number of aryl methyl sites for hydroxylation is 1. The number of aromatic nitrogens is 1. The van der Waals surface area contributed by atoms with Crippen molar-refractivity contribution in [3.05, 3.63) is 94.6 Å². The number of hydrogen-bond donors (Lipinski definition) is 2. The van der Waals surface area contributed by atoms with Crippen LogP contribution in [-0.2, 0) is 0 Å². The highest BCUT2D eigenvalue weighted by Gasteiger charge is 2.23. The van der Waals surface area contributed by atoms with Gasteiger partial charge in [0, 0.05) is 38.4 Å². The van der Waals surface area contributed by atoms with Crippen molar-refractivity contribution >= 4 is 28.2 Å². The van der Waals surface area contributed by atoms with Crippen LogP contribution in [-0.4, -0.2) is 12.1 Å². The average molecular weight is 377 g/mol. The Hall–Kier alpha value is -2.91. The van der Waals surface area contributed by atoms with Gasteiger partial charge in [0.1, 0.15) is 5.75 Å². The monoisotopic (exact) mass is 376 g/mol. The molecule has 0 saturated heterocycles. The van der Waals surface area contributed by atoms with Crippen molar-refractivity contribution in [3.63, 3.8) is 0 Å². The zero-order valence-electron chi connectivity index (χ0n) is 15.3. The second-order valence-electron chi connectivity index (χ2n) is 6.54. The molecule has 4 rings (SSSR count). The van der Waals surface area contributed by atoms with Crippen LogP contribution in [0, 0.1) is 6.92 Å². The van der Waals surface area contributed by atoms with Gasteiger partial charge in [-0.25, -0.2) is 0 Å². The minimum Gasteiger partial charge on any atom is -0.496 e. The molecular weight excluding hydrogens is 356 g/mol. The molecule has 3 aromatic carbocycles. The number of anilines is 1. The van der Waals surface area contributed by atoms with Gasteiger partial charge in [-0.15, -0.1) is 0 Å². The van der Waals surface area contributed by atoms with E-state index in [0.717, 1.165) is 28.2 Å². The first kappa shape index (κ1) is 17.5. The normalized spacial score (nSPS) is 12.1. The lowest BCUT2D eigenvalue weighted by atomic mass is 9.95. The molecule has 1 heterocycles. The molecule has 27 heavy (non-hydrogen) atoms. The van der Waals surface area contributed by atoms with E-state index in [0.29, 0.717) is 5.02 Å². The highest BCUT2D eigenvalue weighted by molar-refractivity contribution is 6.30. The summed E-state index contributed by atoms with van der Waals surface area (Å²) in [5, 5.41) is 5.56. The lowest BCUT2D eigenvalue weighted by molar-refractivity contribution is 0.408. The van der Waals surface area contributed by atoms with Gasteiger partial charge >= 0.3 is 0 Å². The largest absolute Gasteiger partial charge is 0.496 e. The standard InChI is InChI=1S/C23H21ClN2O/c1-15-22(18-10-3-5-12-20(18)25-15)23(19-11-4-6-13-21(19)27-2)26-17-9-7-8-16(24)14-17/h3-14,23,25-26H,1-2H3. The van der Waals surface area contributed by atoms with Gasteiger partial charge in [0.25, 0.3) is 0 Å². The summed E-state index contributed by atoms with van der Waals surface area (Å²) in [6, 6.07) is 24.2. The topological polar surface area (TPSA) is 37.0 Å². The van der Waals surface area contributed by atoms with Crippen LogP contribution in [0.4, 0.5) is 5.69 Å². The summed E-state index contributed by atoms with van der Waals surface area (Å²) in [5.74, 6) is 0.849. The Morgan fingerprint density at radius 3 is 2.56 bits per heavy atom. The van der Waals surface area contributed by atoms with Crippen molar-refractivity contribution in [1.82, 2.24) is 4.98 Å². The van der Waals surface area contributed by atoms with Crippen LogP contribution in [0.5, 0.6) is 5.75 Å². The Kier molecular flexibility index (Phi) is 4.78. The van der Waals surface area contributed by atoms with Crippen LogP contribution in [0.25, 0.3) is 10.9 Å². The van der Waals surface area contributed by atoms with E-state index in [1.807, 2.05) is 48.5 Å². The Morgan fingerprint density at radius 1 is 0.963 bits per heavy atom. The number of fused-ring (bicyclic) bond motifs is 1. The molecule has 0 amide bonds. The van der Waals surface area contributed by atoms with Crippen molar-refractivity contribution in [2.75, 3.05) is 12.4 Å². The molecule has 1 atom stereocenters. The Morgan fingerprint density at radius 2 is 1.74 bits per heavy atom. The maximum absolute atomic E-state index is 6.21. The molecule has 4 aromatic rings. The predicted molar refractivity (Wildman–Crippen MR) is 113 cm³/mol. The smallest absolute Gasteiger partial charge is 0.124 e. The number of para-hydroxylation sites is 2. The molecule has 0 fully saturated rings. The minimum atomic E-state index is -0.0873. The van der Waals surface area contributed by atoms with Gasteiger partial charge in [-0.2, -0.15) is 0 Å². The Bertz CT molecular complexity index is 1090. The van der Waals surface area contributed by atoms with Gasteiger partial charge < -0.3 is 15.0 Å². The predicted octanol–water partition coefficient (Wildman–Crippen LogP) is 6.34. The fourth-order valence-electron chi connectivity index (χ4n) is 3.63. The van der Waals surface area contributed by atoms with E-state index >= 15 is 0 Å². The van der Waals surface area contributed by atoms with Crippen LogP contribution >= 0.6 is 11.6 Å².